The molecule has 7 heteroatoms. The first-order chi connectivity index (χ1) is 10.1. The molecule has 6 nitrogen and oxygen atoms in total. The molecular formula is C14H18N4O2S. The van der Waals surface area contributed by atoms with Crippen LogP contribution in [0.25, 0.3) is 0 Å². The molecule has 2 aromatic heterocycles. The minimum atomic E-state index is -3.56. The Morgan fingerprint density at radius 3 is 2.62 bits per heavy atom. The molecule has 2 aromatic rings. The van der Waals surface area contributed by atoms with Crippen molar-refractivity contribution in [2.45, 2.75) is 24.8 Å². The van der Waals surface area contributed by atoms with Gasteiger partial charge in [0.2, 0.25) is 10.0 Å². The molecule has 0 aliphatic heterocycles. The maximum Gasteiger partial charge on any atom is 0.241 e. The second kappa shape index (κ2) is 7.14. The standard InChI is InChI=1S/C14H18N4O2S/c1-2-6-16-14-10-13(5-9-17-14)21(19,20)18-11-12-3-7-15-8-4-12/h3-5,7-10,18H,2,6,11H2,1H3,(H,16,17). The monoisotopic (exact) mass is 306 g/mol. The van der Waals surface area contributed by atoms with Crippen LogP contribution in [0.2, 0.25) is 0 Å². The number of nitrogens with zero attached hydrogens (tertiary/aromatic N) is 2. The zero-order chi connectivity index (χ0) is 15.1. The van der Waals surface area contributed by atoms with Gasteiger partial charge in [0.1, 0.15) is 5.82 Å². The number of nitrogens with one attached hydrogen (secondary N) is 2. The first-order valence-electron chi connectivity index (χ1n) is 6.70. The highest BCUT2D eigenvalue weighted by Crippen LogP contribution is 2.13. The van der Waals surface area contributed by atoms with Crippen LogP contribution in [0.3, 0.4) is 0 Å². The van der Waals surface area contributed by atoms with Crippen molar-refractivity contribution in [1.82, 2.24) is 14.7 Å². The van der Waals surface area contributed by atoms with Crippen LogP contribution in [0.1, 0.15) is 18.9 Å². The van der Waals surface area contributed by atoms with E-state index >= 15 is 0 Å². The largest absolute Gasteiger partial charge is 0.370 e. The summed E-state index contributed by atoms with van der Waals surface area (Å²) in [6, 6.07) is 6.54. The van der Waals surface area contributed by atoms with Gasteiger partial charge in [-0.25, -0.2) is 18.1 Å². The predicted octanol–water partition coefficient (Wildman–Crippen LogP) is 1.78. The summed E-state index contributed by atoms with van der Waals surface area (Å²) in [5.74, 6) is 0.559. The number of hydrogen-bond acceptors (Lipinski definition) is 5. The van der Waals surface area contributed by atoms with E-state index in [2.05, 4.69) is 20.0 Å². The smallest absolute Gasteiger partial charge is 0.241 e. The molecule has 0 aliphatic carbocycles. The SMILES string of the molecule is CCCNc1cc(S(=O)(=O)NCc2ccncc2)ccn1. The number of rotatable bonds is 7. The zero-order valence-electron chi connectivity index (χ0n) is 11.8. The second-order valence-corrected chi connectivity index (χ2v) is 6.25. The molecule has 0 bridgehead atoms. The Bertz CT molecular complexity index is 674. The molecule has 0 fully saturated rings. The highest BCUT2D eigenvalue weighted by Gasteiger charge is 2.14. The zero-order valence-corrected chi connectivity index (χ0v) is 12.6. The minimum absolute atomic E-state index is 0.199. The van der Waals surface area contributed by atoms with Crippen molar-refractivity contribution in [3.8, 4) is 0 Å². The summed E-state index contributed by atoms with van der Waals surface area (Å²) in [6.07, 6.45) is 5.68. The molecule has 0 amide bonds. The summed E-state index contributed by atoms with van der Waals surface area (Å²) in [5, 5.41) is 3.07. The maximum atomic E-state index is 12.2. The third kappa shape index (κ3) is 4.51. The van der Waals surface area contributed by atoms with Gasteiger partial charge in [-0.2, -0.15) is 0 Å². The third-order valence-electron chi connectivity index (χ3n) is 2.81. The fourth-order valence-corrected chi connectivity index (χ4v) is 2.72. The lowest BCUT2D eigenvalue weighted by molar-refractivity contribution is 0.581. The molecule has 0 spiro atoms. The second-order valence-electron chi connectivity index (χ2n) is 4.48. The Balaban J connectivity index is 2.08. The maximum absolute atomic E-state index is 12.2. The number of pyridine rings is 2. The summed E-state index contributed by atoms with van der Waals surface area (Å²) in [5.41, 5.74) is 0.854. The molecule has 0 aliphatic rings. The van der Waals surface area contributed by atoms with Gasteiger partial charge in [0.05, 0.1) is 4.90 Å². The van der Waals surface area contributed by atoms with Gasteiger partial charge in [0.25, 0.3) is 0 Å². The summed E-state index contributed by atoms with van der Waals surface area (Å²) in [7, 11) is -3.56. The van der Waals surface area contributed by atoms with E-state index in [-0.39, 0.29) is 11.4 Å². The van der Waals surface area contributed by atoms with Crippen molar-refractivity contribution in [1.29, 1.82) is 0 Å². The number of anilines is 1. The van der Waals surface area contributed by atoms with E-state index in [1.165, 1.54) is 18.3 Å². The summed E-state index contributed by atoms with van der Waals surface area (Å²) < 4.78 is 27.1. The van der Waals surface area contributed by atoms with Crippen LogP contribution in [-0.4, -0.2) is 24.9 Å². The first-order valence-corrected chi connectivity index (χ1v) is 8.18. The summed E-state index contributed by atoms with van der Waals surface area (Å²) in [4.78, 5) is 8.19. The first kappa shape index (κ1) is 15.4. The fraction of sp³-hybridized carbons (Fsp3) is 0.286. The lowest BCUT2D eigenvalue weighted by Gasteiger charge is -2.09. The quantitative estimate of drug-likeness (QED) is 0.814. The Morgan fingerprint density at radius 1 is 1.14 bits per heavy atom. The van der Waals surface area contributed by atoms with E-state index in [1.807, 2.05) is 6.92 Å². The summed E-state index contributed by atoms with van der Waals surface area (Å²) >= 11 is 0. The van der Waals surface area contributed by atoms with E-state index in [9.17, 15) is 8.42 Å². The minimum Gasteiger partial charge on any atom is -0.370 e. The van der Waals surface area contributed by atoms with Crippen LogP contribution in [0.15, 0.2) is 47.8 Å². The van der Waals surface area contributed by atoms with E-state index in [0.29, 0.717) is 5.82 Å². The van der Waals surface area contributed by atoms with Gasteiger partial charge in [-0.3, -0.25) is 4.98 Å². The molecule has 0 saturated heterocycles. The Labute approximate surface area is 124 Å². The molecule has 0 radical (unpaired) electrons. The molecule has 2 N–H and O–H groups in total. The Kier molecular flexibility index (Phi) is 5.24. The molecule has 21 heavy (non-hydrogen) atoms. The van der Waals surface area contributed by atoms with Gasteiger partial charge in [-0.05, 0) is 30.2 Å². The normalized spacial score (nSPS) is 11.3. The molecule has 0 saturated carbocycles. The third-order valence-corrected chi connectivity index (χ3v) is 4.21. The fourth-order valence-electron chi connectivity index (χ4n) is 1.69. The highest BCUT2D eigenvalue weighted by molar-refractivity contribution is 7.89. The molecule has 0 unspecified atom stereocenters. The van der Waals surface area contributed by atoms with Crippen LogP contribution in [0.5, 0.6) is 0 Å². The van der Waals surface area contributed by atoms with Gasteiger partial charge < -0.3 is 5.32 Å². The molecule has 112 valence electrons. The molecule has 2 rings (SSSR count). The summed E-state index contributed by atoms with van der Waals surface area (Å²) in [6.45, 7) is 3.01. The number of aromatic nitrogens is 2. The topological polar surface area (TPSA) is 84.0 Å². The molecule has 0 aromatic carbocycles. The highest BCUT2D eigenvalue weighted by atomic mass is 32.2. The van der Waals surface area contributed by atoms with E-state index in [4.69, 9.17) is 0 Å². The molecule has 0 atom stereocenters. The van der Waals surface area contributed by atoms with Crippen LogP contribution >= 0.6 is 0 Å². The molecular weight excluding hydrogens is 288 g/mol. The van der Waals surface area contributed by atoms with Crippen molar-refractivity contribution in [2.24, 2.45) is 0 Å². The van der Waals surface area contributed by atoms with E-state index in [1.54, 1.807) is 24.5 Å². The average Bonchev–Trinajstić information content (AvgIpc) is 2.52. The van der Waals surface area contributed by atoms with Crippen molar-refractivity contribution >= 4 is 15.8 Å². The number of sulfonamides is 1. The molecule has 2 heterocycles. The van der Waals surface area contributed by atoms with E-state index in [0.717, 1.165) is 18.5 Å². The van der Waals surface area contributed by atoms with Gasteiger partial charge >= 0.3 is 0 Å². The Morgan fingerprint density at radius 2 is 1.90 bits per heavy atom. The van der Waals surface area contributed by atoms with Crippen molar-refractivity contribution in [3.63, 3.8) is 0 Å². The van der Waals surface area contributed by atoms with Crippen LogP contribution in [0, 0.1) is 0 Å². The predicted molar refractivity (Wildman–Crippen MR) is 81.3 cm³/mol. The van der Waals surface area contributed by atoms with Crippen LogP contribution < -0.4 is 10.0 Å². The lowest BCUT2D eigenvalue weighted by atomic mass is 10.3. The van der Waals surface area contributed by atoms with E-state index < -0.39 is 10.0 Å². The average molecular weight is 306 g/mol. The van der Waals surface area contributed by atoms with Gasteiger partial charge in [0, 0.05) is 37.7 Å². The van der Waals surface area contributed by atoms with Crippen LogP contribution in [-0.2, 0) is 16.6 Å². The van der Waals surface area contributed by atoms with Crippen molar-refractivity contribution in [3.05, 3.63) is 48.4 Å². The number of hydrogen-bond donors (Lipinski definition) is 2. The van der Waals surface area contributed by atoms with Crippen molar-refractivity contribution < 1.29 is 8.42 Å². The Hall–Kier alpha value is -1.99. The van der Waals surface area contributed by atoms with Gasteiger partial charge in [-0.1, -0.05) is 6.92 Å². The van der Waals surface area contributed by atoms with Crippen LogP contribution in [0.4, 0.5) is 5.82 Å². The lowest BCUT2D eigenvalue weighted by Crippen LogP contribution is -2.23. The van der Waals surface area contributed by atoms with Crippen molar-refractivity contribution in [2.75, 3.05) is 11.9 Å². The van der Waals surface area contributed by atoms with Gasteiger partial charge in [-0.15, -0.1) is 0 Å². The van der Waals surface area contributed by atoms with Gasteiger partial charge in [0.15, 0.2) is 0 Å².